The van der Waals surface area contributed by atoms with E-state index in [9.17, 15) is 4.79 Å². The summed E-state index contributed by atoms with van der Waals surface area (Å²) in [4.78, 5) is 17.0. The molecule has 2 aromatic carbocycles. The number of carbonyl (C=O) groups excluding carboxylic acids is 1. The van der Waals surface area contributed by atoms with Gasteiger partial charge in [0.05, 0.1) is 17.6 Å². The highest BCUT2D eigenvalue weighted by Crippen LogP contribution is 2.19. The fourth-order valence-corrected chi connectivity index (χ4v) is 2.35. The maximum atomic E-state index is 12.6. The Balaban J connectivity index is 1.98. The second-order valence-corrected chi connectivity index (χ2v) is 4.77. The van der Waals surface area contributed by atoms with Gasteiger partial charge >= 0.3 is 0 Å². The summed E-state index contributed by atoms with van der Waals surface area (Å²) in [5.74, 6) is 1.12. The molecular formula is C17H16N2O2. The standard InChI is InChI=1S/C17H16N2O2/c1-3-21-13-10-8-12(9-11-13)16(20)17-18-14-6-4-5-7-15(14)19(17)2/h4-11H,3H2,1-2H3. The van der Waals surface area contributed by atoms with Crippen LogP contribution in [-0.4, -0.2) is 21.9 Å². The molecule has 21 heavy (non-hydrogen) atoms. The Kier molecular flexibility index (Phi) is 3.44. The van der Waals surface area contributed by atoms with E-state index in [1.807, 2.05) is 42.8 Å². The number of hydrogen-bond acceptors (Lipinski definition) is 3. The van der Waals surface area contributed by atoms with Gasteiger partial charge in [0.25, 0.3) is 0 Å². The Bertz CT molecular complexity index is 788. The fraction of sp³-hybridized carbons (Fsp3) is 0.176. The molecule has 0 radical (unpaired) electrons. The SMILES string of the molecule is CCOc1ccc(C(=O)c2nc3ccccc3n2C)cc1. The third-order valence-electron chi connectivity index (χ3n) is 3.42. The van der Waals surface area contributed by atoms with E-state index in [0.717, 1.165) is 16.8 Å². The molecule has 4 nitrogen and oxygen atoms in total. The first kappa shape index (κ1) is 13.4. The van der Waals surface area contributed by atoms with Crippen LogP contribution in [0.2, 0.25) is 0 Å². The summed E-state index contributed by atoms with van der Waals surface area (Å²) in [6.07, 6.45) is 0. The number of carbonyl (C=O) groups is 1. The molecule has 0 saturated heterocycles. The number of aromatic nitrogens is 2. The Hall–Kier alpha value is -2.62. The highest BCUT2D eigenvalue weighted by Gasteiger charge is 2.16. The van der Waals surface area contributed by atoms with Gasteiger partial charge in [0, 0.05) is 12.6 Å². The van der Waals surface area contributed by atoms with Crippen molar-refractivity contribution in [1.29, 1.82) is 0 Å². The number of fused-ring (bicyclic) bond motifs is 1. The lowest BCUT2D eigenvalue weighted by Gasteiger charge is -2.05. The molecule has 4 heteroatoms. The van der Waals surface area contributed by atoms with Crippen molar-refractivity contribution in [2.45, 2.75) is 6.92 Å². The monoisotopic (exact) mass is 280 g/mol. The molecule has 106 valence electrons. The molecule has 0 aliphatic rings. The average molecular weight is 280 g/mol. The van der Waals surface area contributed by atoms with Gasteiger partial charge in [-0.05, 0) is 43.3 Å². The predicted octanol–water partition coefficient (Wildman–Crippen LogP) is 3.20. The van der Waals surface area contributed by atoms with E-state index in [0.29, 0.717) is 18.0 Å². The number of ether oxygens (including phenoxy) is 1. The van der Waals surface area contributed by atoms with Crippen LogP contribution in [0, 0.1) is 0 Å². The Morgan fingerprint density at radius 1 is 1.14 bits per heavy atom. The molecule has 1 heterocycles. The van der Waals surface area contributed by atoms with Crippen molar-refractivity contribution in [2.75, 3.05) is 6.61 Å². The number of benzene rings is 2. The zero-order valence-electron chi connectivity index (χ0n) is 12.0. The van der Waals surface area contributed by atoms with Crippen LogP contribution in [0.15, 0.2) is 48.5 Å². The van der Waals surface area contributed by atoms with Crippen LogP contribution >= 0.6 is 0 Å². The fourth-order valence-electron chi connectivity index (χ4n) is 2.35. The van der Waals surface area contributed by atoms with Crippen LogP contribution in [0.5, 0.6) is 5.75 Å². The van der Waals surface area contributed by atoms with Gasteiger partial charge in [0.2, 0.25) is 5.78 Å². The Labute approximate surface area is 123 Å². The summed E-state index contributed by atoms with van der Waals surface area (Å²) in [6.45, 7) is 2.54. The van der Waals surface area contributed by atoms with Gasteiger partial charge in [-0.3, -0.25) is 4.79 Å². The van der Waals surface area contributed by atoms with Gasteiger partial charge in [-0.15, -0.1) is 0 Å². The first-order valence-electron chi connectivity index (χ1n) is 6.89. The maximum Gasteiger partial charge on any atom is 0.228 e. The van der Waals surface area contributed by atoms with Gasteiger partial charge in [-0.1, -0.05) is 12.1 Å². The van der Waals surface area contributed by atoms with Gasteiger partial charge in [-0.2, -0.15) is 0 Å². The normalized spacial score (nSPS) is 10.8. The van der Waals surface area contributed by atoms with Gasteiger partial charge in [0.15, 0.2) is 5.82 Å². The van der Waals surface area contributed by atoms with E-state index >= 15 is 0 Å². The lowest BCUT2D eigenvalue weighted by Crippen LogP contribution is -2.08. The lowest BCUT2D eigenvalue weighted by molar-refractivity contribution is 0.102. The van der Waals surface area contributed by atoms with Gasteiger partial charge in [-0.25, -0.2) is 4.98 Å². The molecule has 3 aromatic rings. The summed E-state index contributed by atoms with van der Waals surface area (Å²) < 4.78 is 7.21. The second-order valence-electron chi connectivity index (χ2n) is 4.77. The largest absolute Gasteiger partial charge is 0.494 e. The highest BCUT2D eigenvalue weighted by molar-refractivity contribution is 6.08. The molecule has 0 amide bonds. The van der Waals surface area contributed by atoms with Crippen LogP contribution in [0.25, 0.3) is 11.0 Å². The molecule has 0 aliphatic carbocycles. The van der Waals surface area contributed by atoms with Crippen LogP contribution in [0.3, 0.4) is 0 Å². The van der Waals surface area contributed by atoms with Gasteiger partial charge < -0.3 is 9.30 Å². The number of para-hydroxylation sites is 2. The summed E-state index contributed by atoms with van der Waals surface area (Å²) >= 11 is 0. The van der Waals surface area contributed by atoms with Crippen molar-refractivity contribution in [3.05, 3.63) is 59.9 Å². The van der Waals surface area contributed by atoms with E-state index in [1.54, 1.807) is 24.3 Å². The van der Waals surface area contributed by atoms with Crippen molar-refractivity contribution in [2.24, 2.45) is 7.05 Å². The zero-order chi connectivity index (χ0) is 14.8. The van der Waals surface area contributed by atoms with Gasteiger partial charge in [0.1, 0.15) is 5.75 Å². The average Bonchev–Trinajstić information content (AvgIpc) is 2.85. The highest BCUT2D eigenvalue weighted by atomic mass is 16.5. The maximum absolute atomic E-state index is 12.6. The number of rotatable bonds is 4. The second kappa shape index (κ2) is 5.40. The number of nitrogens with zero attached hydrogens (tertiary/aromatic N) is 2. The minimum Gasteiger partial charge on any atom is -0.494 e. The molecule has 0 fully saturated rings. The zero-order valence-corrected chi connectivity index (χ0v) is 12.0. The summed E-state index contributed by atoms with van der Waals surface area (Å²) in [7, 11) is 1.86. The van der Waals surface area contributed by atoms with E-state index in [-0.39, 0.29) is 5.78 Å². The third-order valence-corrected chi connectivity index (χ3v) is 3.42. The number of hydrogen-bond donors (Lipinski definition) is 0. The Morgan fingerprint density at radius 3 is 2.52 bits per heavy atom. The van der Waals surface area contributed by atoms with E-state index in [4.69, 9.17) is 4.74 Å². The Morgan fingerprint density at radius 2 is 1.86 bits per heavy atom. The number of aryl methyl sites for hydroxylation is 1. The smallest absolute Gasteiger partial charge is 0.228 e. The van der Waals surface area contributed by atoms with Crippen LogP contribution in [0.4, 0.5) is 0 Å². The molecule has 0 bridgehead atoms. The van der Waals surface area contributed by atoms with E-state index in [2.05, 4.69) is 4.98 Å². The first-order valence-corrected chi connectivity index (χ1v) is 6.89. The van der Waals surface area contributed by atoms with Crippen LogP contribution in [0.1, 0.15) is 23.1 Å². The molecule has 0 atom stereocenters. The molecular weight excluding hydrogens is 264 g/mol. The first-order chi connectivity index (χ1) is 10.2. The topological polar surface area (TPSA) is 44.1 Å². The van der Waals surface area contributed by atoms with Crippen molar-refractivity contribution in [3.8, 4) is 5.75 Å². The summed E-state index contributed by atoms with van der Waals surface area (Å²) in [5, 5.41) is 0. The molecule has 1 aromatic heterocycles. The minimum atomic E-state index is -0.0863. The van der Waals surface area contributed by atoms with E-state index in [1.165, 1.54) is 0 Å². The molecule has 0 saturated carbocycles. The lowest BCUT2D eigenvalue weighted by atomic mass is 10.1. The molecule has 0 N–H and O–H groups in total. The number of ketones is 1. The summed E-state index contributed by atoms with van der Waals surface area (Å²) in [5.41, 5.74) is 2.39. The predicted molar refractivity (Wildman–Crippen MR) is 81.8 cm³/mol. The van der Waals surface area contributed by atoms with E-state index < -0.39 is 0 Å². The van der Waals surface area contributed by atoms with Crippen molar-refractivity contribution in [1.82, 2.24) is 9.55 Å². The molecule has 0 unspecified atom stereocenters. The molecule has 0 aliphatic heterocycles. The third kappa shape index (κ3) is 2.40. The quantitative estimate of drug-likeness (QED) is 0.689. The number of imidazole rings is 1. The molecule has 0 spiro atoms. The van der Waals surface area contributed by atoms with Crippen LogP contribution < -0.4 is 4.74 Å². The van der Waals surface area contributed by atoms with Crippen molar-refractivity contribution >= 4 is 16.8 Å². The van der Waals surface area contributed by atoms with Crippen molar-refractivity contribution < 1.29 is 9.53 Å². The molecule has 3 rings (SSSR count). The minimum absolute atomic E-state index is 0.0863. The van der Waals surface area contributed by atoms with Crippen molar-refractivity contribution in [3.63, 3.8) is 0 Å². The van der Waals surface area contributed by atoms with Crippen LogP contribution in [-0.2, 0) is 7.05 Å². The summed E-state index contributed by atoms with van der Waals surface area (Å²) in [6, 6.07) is 14.9.